The van der Waals surface area contributed by atoms with Crippen LogP contribution in [0, 0.1) is 3.57 Å². The van der Waals surface area contributed by atoms with Crippen molar-refractivity contribution in [2.24, 2.45) is 0 Å². The Labute approximate surface area is 534 Å². The van der Waals surface area contributed by atoms with Crippen LogP contribution in [0.2, 0.25) is 0 Å². The molecule has 3 aromatic carbocycles. The summed E-state index contributed by atoms with van der Waals surface area (Å²) in [5.41, 5.74) is 4.30. The minimum Gasteiger partial charge on any atom is -0.458 e. The van der Waals surface area contributed by atoms with E-state index in [-0.39, 0.29) is 56.4 Å². The third-order valence-electron chi connectivity index (χ3n) is 13.2. The lowest BCUT2D eigenvalue weighted by atomic mass is 9.98. The monoisotopic (exact) mass is 1350 g/mol. The Morgan fingerprint density at radius 2 is 0.920 bits per heavy atom. The average Bonchev–Trinajstić information content (AvgIpc) is 2.22. The molecule has 0 saturated heterocycles. The number of alkyl carbamates (subject to hydrolysis) is 2. The largest absolute Gasteiger partial charge is 0.458 e. The minimum absolute atomic E-state index is 0.00132. The molecule has 0 fully saturated rings. The number of hydrogen-bond acceptors (Lipinski definition) is 17. The van der Waals surface area contributed by atoms with E-state index in [9.17, 15) is 28.8 Å². The second-order valence-electron chi connectivity index (χ2n) is 22.9. The molecule has 0 heterocycles. The fourth-order valence-electron chi connectivity index (χ4n) is 8.99. The van der Waals surface area contributed by atoms with Gasteiger partial charge in [0.2, 0.25) is 17.7 Å². The van der Waals surface area contributed by atoms with E-state index in [1.165, 1.54) is 9.13 Å². The molecule has 0 aromatic heterocycles. The maximum Gasteiger partial charge on any atom is 0.407 e. The van der Waals surface area contributed by atoms with Crippen LogP contribution in [0.3, 0.4) is 0 Å². The zero-order valence-corrected chi connectivity index (χ0v) is 54.8. The first-order valence-electron chi connectivity index (χ1n) is 30.9. The van der Waals surface area contributed by atoms with Crippen LogP contribution in [0.4, 0.5) is 9.59 Å². The number of aryl methyl sites for hydroxylation is 1. The Hall–Kier alpha value is -5.51. The van der Waals surface area contributed by atoms with E-state index in [1.807, 2.05) is 36.4 Å². The number of fused-ring (bicyclic) bond motifs is 3. The van der Waals surface area contributed by atoms with Gasteiger partial charge in [-0.1, -0.05) is 60.7 Å². The summed E-state index contributed by atoms with van der Waals surface area (Å²) in [6.45, 7) is 17.6. The molecule has 23 heteroatoms. The van der Waals surface area contributed by atoms with Gasteiger partial charge in [-0.05, 0) is 155 Å². The predicted octanol–water partition coefficient (Wildman–Crippen LogP) is 7.97. The van der Waals surface area contributed by atoms with Crippen molar-refractivity contribution in [3.63, 3.8) is 0 Å². The first-order chi connectivity index (χ1) is 42.4. The van der Waals surface area contributed by atoms with Crippen LogP contribution < -0.4 is 26.6 Å². The van der Waals surface area contributed by atoms with E-state index >= 15 is 0 Å². The van der Waals surface area contributed by atoms with E-state index in [1.54, 1.807) is 41.5 Å². The smallest absolute Gasteiger partial charge is 0.407 e. The van der Waals surface area contributed by atoms with Gasteiger partial charge in [0.05, 0.1) is 106 Å². The van der Waals surface area contributed by atoms with Crippen molar-refractivity contribution in [3.05, 3.63) is 93.1 Å². The van der Waals surface area contributed by atoms with Gasteiger partial charge in [0.15, 0.2) is 0 Å². The zero-order chi connectivity index (χ0) is 63.7. The van der Waals surface area contributed by atoms with Gasteiger partial charge in [0.1, 0.15) is 29.9 Å². The number of benzene rings is 3. The molecule has 0 unspecified atom stereocenters. The Morgan fingerprint density at radius 3 is 1.43 bits per heavy atom. The number of carbonyl (C=O) groups excluding carboxylic acids is 6. The number of hydrogen-bond donors (Lipinski definition) is 5. The van der Waals surface area contributed by atoms with Crippen molar-refractivity contribution >= 4 is 58.5 Å². The highest BCUT2D eigenvalue weighted by Crippen LogP contribution is 2.44. The topological polar surface area (TPSA) is 264 Å². The van der Waals surface area contributed by atoms with Crippen LogP contribution in [-0.2, 0) is 77.7 Å². The third kappa shape index (κ3) is 34.5. The Morgan fingerprint density at radius 1 is 0.455 bits per heavy atom. The molecule has 492 valence electrons. The first-order valence-corrected chi connectivity index (χ1v) is 32.0. The van der Waals surface area contributed by atoms with Crippen LogP contribution in [0.5, 0.6) is 0 Å². The third-order valence-corrected chi connectivity index (χ3v) is 13.9. The highest BCUT2D eigenvalue weighted by atomic mass is 127. The molecule has 2 atom stereocenters. The molecule has 22 nitrogen and oxygen atoms in total. The van der Waals surface area contributed by atoms with Crippen molar-refractivity contribution in [2.45, 2.75) is 135 Å². The fraction of sp³-hybridized carbons (Fsp3) is 0.631. The summed E-state index contributed by atoms with van der Waals surface area (Å²) < 4.78 is 62.4. The maximum absolute atomic E-state index is 13.3. The average molecular weight is 1350 g/mol. The summed E-state index contributed by atoms with van der Waals surface area (Å²) in [5.74, 6) is -1.30. The zero-order valence-electron chi connectivity index (χ0n) is 52.7. The Bertz CT molecular complexity index is 2430. The van der Waals surface area contributed by atoms with E-state index < -0.39 is 41.4 Å². The molecule has 0 bridgehead atoms. The fourth-order valence-corrected chi connectivity index (χ4v) is 9.35. The lowest BCUT2D eigenvalue weighted by Crippen LogP contribution is -2.47. The second-order valence-corrected chi connectivity index (χ2v) is 24.1. The van der Waals surface area contributed by atoms with E-state index in [2.05, 4.69) is 85.6 Å². The highest BCUT2D eigenvalue weighted by Gasteiger charge is 2.30. The normalized spacial score (nSPS) is 12.8. The summed E-state index contributed by atoms with van der Waals surface area (Å²) in [4.78, 5) is 76.6. The molecule has 3 aromatic rings. The number of carbonyl (C=O) groups is 6. The van der Waals surface area contributed by atoms with E-state index in [0.29, 0.717) is 151 Å². The van der Waals surface area contributed by atoms with Crippen LogP contribution >= 0.6 is 22.6 Å². The van der Waals surface area contributed by atoms with Gasteiger partial charge >= 0.3 is 18.2 Å². The molecule has 0 spiro atoms. The molecule has 0 aliphatic heterocycles. The molecule has 5 amide bonds. The summed E-state index contributed by atoms with van der Waals surface area (Å²) >= 11 is 2.27. The molecular weight excluding hydrogens is 1250 g/mol. The summed E-state index contributed by atoms with van der Waals surface area (Å²) in [7, 11) is 0. The van der Waals surface area contributed by atoms with Crippen molar-refractivity contribution < 1.29 is 80.9 Å². The first kappa shape index (κ1) is 75.0. The van der Waals surface area contributed by atoms with Gasteiger partial charge in [-0.3, -0.25) is 14.4 Å². The van der Waals surface area contributed by atoms with Gasteiger partial charge in [-0.15, -0.1) is 0 Å². The lowest BCUT2D eigenvalue weighted by molar-refractivity contribution is -0.159. The molecule has 1 aliphatic rings. The maximum atomic E-state index is 13.3. The van der Waals surface area contributed by atoms with Crippen LogP contribution in [0.1, 0.15) is 122 Å². The molecular formula is C65H98IN5O17. The minimum atomic E-state index is -0.869. The van der Waals surface area contributed by atoms with Crippen molar-refractivity contribution in [2.75, 3.05) is 132 Å². The molecule has 1 aliphatic carbocycles. The van der Waals surface area contributed by atoms with Crippen molar-refractivity contribution in [1.29, 1.82) is 0 Å². The van der Waals surface area contributed by atoms with Crippen LogP contribution in [0.25, 0.3) is 11.1 Å². The predicted molar refractivity (Wildman–Crippen MR) is 341 cm³/mol. The van der Waals surface area contributed by atoms with Crippen LogP contribution in [0.15, 0.2) is 72.8 Å². The van der Waals surface area contributed by atoms with E-state index in [4.69, 9.17) is 52.1 Å². The number of ether oxygens (including phenoxy) is 11. The number of unbranched alkanes of at least 4 members (excludes halogenated alkanes) is 2. The Kier molecular flexibility index (Phi) is 37.5. The standard InChI is InChI=1S/C65H98IN5O17/c1-64(2,3)87-61(75)57(22-12-13-29-67-58(72)23-15-16-49-24-26-50(66)27-25-49)70-59(73)28-32-78-34-36-80-38-40-82-42-44-84-46-47-85-45-43-83-41-39-81-37-35-79-33-31-68-60(74)56(21-11-14-30-69-62(76)88-65(4,5)6)71-63(77)86-48-55-53-19-9-7-17-51(53)52-18-8-10-20-54(52)55/h7-10,17-20,24-27,55-57H,11-16,21-23,28-48H2,1-6H3,(H,67,72)(H,68,74)(H,69,76)(H,70,73)(H,71,77)/t56-,57-/m0/s1. The Balaban J connectivity index is 0.918. The summed E-state index contributed by atoms with van der Waals surface area (Å²) in [5, 5.41) is 14.1. The lowest BCUT2D eigenvalue weighted by Gasteiger charge is -2.24. The molecule has 5 N–H and O–H groups in total. The SMILES string of the molecule is CC(C)(C)OC(=O)NCCCC[C@H](NC(=O)OCC1c2ccccc2-c2ccccc21)C(=O)NCCOCCOCCOCCOCCOCCOCCOCCOCCC(=O)N[C@@H](CCCCNC(=O)CCCc1ccc(I)cc1)C(=O)OC(C)(C)C. The number of rotatable bonds is 47. The molecule has 88 heavy (non-hydrogen) atoms. The van der Waals surface area contributed by atoms with Gasteiger partial charge in [0, 0.05) is 42.0 Å². The van der Waals surface area contributed by atoms with Gasteiger partial charge in [-0.2, -0.15) is 0 Å². The number of esters is 1. The van der Waals surface area contributed by atoms with Gasteiger partial charge < -0.3 is 78.7 Å². The number of nitrogens with one attached hydrogen (secondary N) is 5. The number of halogens is 1. The highest BCUT2D eigenvalue weighted by molar-refractivity contribution is 14.1. The van der Waals surface area contributed by atoms with E-state index in [0.717, 1.165) is 35.1 Å². The summed E-state index contributed by atoms with van der Waals surface area (Å²) in [6, 6.07) is 22.8. The van der Waals surface area contributed by atoms with Crippen molar-refractivity contribution in [3.8, 4) is 11.1 Å². The molecule has 4 rings (SSSR count). The van der Waals surface area contributed by atoms with Crippen molar-refractivity contribution in [1.82, 2.24) is 26.6 Å². The quantitative estimate of drug-likeness (QED) is 0.0155. The van der Waals surface area contributed by atoms with Gasteiger partial charge in [-0.25, -0.2) is 14.4 Å². The molecule has 0 saturated carbocycles. The second kappa shape index (κ2) is 44.0. The summed E-state index contributed by atoms with van der Waals surface area (Å²) in [6.07, 6.45) is 4.02. The van der Waals surface area contributed by atoms with Gasteiger partial charge in [0.25, 0.3) is 0 Å². The number of amides is 5. The molecule has 0 radical (unpaired) electrons. The van der Waals surface area contributed by atoms with Crippen LogP contribution in [-0.4, -0.2) is 191 Å².